The first kappa shape index (κ1) is 30.1. The lowest BCUT2D eigenvalue weighted by atomic mass is 10.0. The van der Waals surface area contributed by atoms with Crippen LogP contribution in [-0.2, 0) is 27.8 Å². The van der Waals surface area contributed by atoms with Gasteiger partial charge in [-0.3, -0.25) is 4.79 Å². The Bertz CT molecular complexity index is 1560. The number of rotatable bonds is 13. The van der Waals surface area contributed by atoms with Crippen LogP contribution in [-0.4, -0.2) is 75.6 Å². The number of imidazole rings is 1. The first-order valence-corrected chi connectivity index (χ1v) is 14.8. The van der Waals surface area contributed by atoms with E-state index in [0.717, 1.165) is 5.56 Å². The van der Waals surface area contributed by atoms with E-state index in [1.807, 2.05) is 44.2 Å². The van der Waals surface area contributed by atoms with Crippen molar-refractivity contribution in [2.24, 2.45) is 5.92 Å². The summed E-state index contributed by atoms with van der Waals surface area (Å²) < 4.78 is 35.4. The Morgan fingerprint density at radius 1 is 1.10 bits per heavy atom. The molecule has 0 saturated heterocycles. The predicted octanol–water partition coefficient (Wildman–Crippen LogP) is 2.58. The molecule has 218 valence electrons. The van der Waals surface area contributed by atoms with E-state index in [1.165, 1.54) is 29.9 Å². The molecule has 41 heavy (non-hydrogen) atoms. The zero-order valence-corrected chi connectivity index (χ0v) is 24.5. The van der Waals surface area contributed by atoms with E-state index < -0.39 is 22.2 Å². The van der Waals surface area contributed by atoms with Crippen molar-refractivity contribution in [1.82, 2.24) is 29.1 Å². The van der Waals surface area contributed by atoms with Gasteiger partial charge in [-0.2, -0.15) is 4.31 Å². The molecule has 0 radical (unpaired) electrons. The minimum atomic E-state index is -3.94. The number of aliphatic hydroxyl groups excluding tert-OH is 1. The summed E-state index contributed by atoms with van der Waals surface area (Å²) in [6.07, 6.45) is 2.08. The summed E-state index contributed by atoms with van der Waals surface area (Å²) in [5.74, 6) is 0.776. The highest BCUT2D eigenvalue weighted by atomic mass is 32.2. The maximum atomic E-state index is 13.6. The third-order valence-electron chi connectivity index (χ3n) is 6.67. The van der Waals surface area contributed by atoms with Gasteiger partial charge in [-0.15, -0.1) is 0 Å². The van der Waals surface area contributed by atoms with Crippen LogP contribution < -0.4 is 10.1 Å². The Morgan fingerprint density at radius 2 is 1.80 bits per heavy atom. The van der Waals surface area contributed by atoms with Gasteiger partial charge in [0, 0.05) is 13.1 Å². The van der Waals surface area contributed by atoms with Gasteiger partial charge in [0.1, 0.15) is 30.0 Å². The van der Waals surface area contributed by atoms with Gasteiger partial charge in [0.2, 0.25) is 15.9 Å². The number of fused-ring (bicyclic) bond motifs is 1. The molecule has 11 nitrogen and oxygen atoms in total. The van der Waals surface area contributed by atoms with E-state index in [2.05, 4.69) is 20.3 Å². The number of carbonyl (C=O) groups excluding carboxylic acids is 1. The van der Waals surface area contributed by atoms with Gasteiger partial charge in [0.05, 0.1) is 30.3 Å². The van der Waals surface area contributed by atoms with Crippen molar-refractivity contribution in [3.8, 4) is 5.75 Å². The number of carbonyl (C=O) groups is 1. The fourth-order valence-corrected chi connectivity index (χ4v) is 6.26. The van der Waals surface area contributed by atoms with Gasteiger partial charge in [-0.25, -0.2) is 23.4 Å². The van der Waals surface area contributed by atoms with E-state index in [-0.39, 0.29) is 36.4 Å². The number of aromatic nitrogens is 4. The average molecular weight is 581 g/mol. The second-order valence-electron chi connectivity index (χ2n) is 10.3. The lowest BCUT2D eigenvalue weighted by Crippen LogP contribution is -2.51. The highest BCUT2D eigenvalue weighted by Crippen LogP contribution is 2.22. The van der Waals surface area contributed by atoms with E-state index in [9.17, 15) is 18.3 Å². The number of hydrogen-bond acceptors (Lipinski definition) is 8. The monoisotopic (exact) mass is 580 g/mol. The Morgan fingerprint density at radius 3 is 2.46 bits per heavy atom. The summed E-state index contributed by atoms with van der Waals surface area (Å²) in [6.45, 7) is 5.51. The number of aliphatic hydroxyl groups is 1. The fourth-order valence-electron chi connectivity index (χ4n) is 4.64. The Labute approximate surface area is 240 Å². The molecule has 2 atom stereocenters. The molecule has 0 aliphatic carbocycles. The molecule has 0 saturated carbocycles. The third kappa shape index (κ3) is 7.46. The maximum absolute atomic E-state index is 13.6. The molecule has 2 heterocycles. The summed E-state index contributed by atoms with van der Waals surface area (Å²) in [7, 11) is -2.43. The van der Waals surface area contributed by atoms with Crippen molar-refractivity contribution in [3.63, 3.8) is 0 Å². The van der Waals surface area contributed by atoms with Crippen molar-refractivity contribution in [2.45, 2.75) is 50.8 Å². The van der Waals surface area contributed by atoms with E-state index >= 15 is 0 Å². The van der Waals surface area contributed by atoms with Crippen LogP contribution in [0.4, 0.5) is 0 Å². The van der Waals surface area contributed by atoms with Crippen molar-refractivity contribution in [1.29, 1.82) is 0 Å². The number of benzene rings is 2. The van der Waals surface area contributed by atoms with Gasteiger partial charge in [0.15, 0.2) is 5.65 Å². The van der Waals surface area contributed by atoms with Crippen LogP contribution in [0.1, 0.15) is 25.2 Å². The summed E-state index contributed by atoms with van der Waals surface area (Å²) in [5.41, 5.74) is 2.00. The number of methoxy groups -OCH3 is 1. The van der Waals surface area contributed by atoms with Crippen LogP contribution in [0.2, 0.25) is 0 Å². The van der Waals surface area contributed by atoms with Crippen LogP contribution >= 0.6 is 0 Å². The average Bonchev–Trinajstić information content (AvgIpc) is 3.27. The largest absolute Gasteiger partial charge is 0.497 e. The highest BCUT2D eigenvalue weighted by Gasteiger charge is 2.31. The van der Waals surface area contributed by atoms with Crippen LogP contribution in [0.5, 0.6) is 5.75 Å². The van der Waals surface area contributed by atoms with E-state index in [1.54, 1.807) is 29.8 Å². The topological polar surface area (TPSA) is 140 Å². The molecule has 12 heteroatoms. The lowest BCUT2D eigenvalue weighted by molar-refractivity contribution is -0.123. The summed E-state index contributed by atoms with van der Waals surface area (Å²) >= 11 is 0. The van der Waals surface area contributed by atoms with Crippen molar-refractivity contribution in [3.05, 3.63) is 78.5 Å². The molecular formula is C29H36N6O5S. The van der Waals surface area contributed by atoms with Crippen LogP contribution in [0.25, 0.3) is 11.2 Å². The van der Waals surface area contributed by atoms with Gasteiger partial charge in [-0.05, 0) is 49.1 Å². The summed E-state index contributed by atoms with van der Waals surface area (Å²) in [4.78, 5) is 26.0. The molecule has 2 aromatic heterocycles. The molecule has 1 amide bonds. The molecular weight excluding hydrogens is 544 g/mol. The lowest BCUT2D eigenvalue weighted by Gasteiger charge is -2.31. The first-order valence-electron chi connectivity index (χ1n) is 13.4. The van der Waals surface area contributed by atoms with Crippen molar-refractivity contribution >= 4 is 27.1 Å². The number of nitrogens with one attached hydrogen (secondary N) is 1. The number of amides is 1. The standard InChI is InChI=1S/C29H36N6O5S/c1-20(2)16-34(41(38,39)24-12-10-23(40-4)11-13-24)17-27(36)25(14-22-8-6-5-7-9-22)33-28(37)18-35-21(3)32-26-15-30-19-31-29(26)35/h5-13,15,19-20,25,27,36H,14,16-18H2,1-4H3,(H,33,37)/t25-,27+/m0/s1. The number of ether oxygens (including phenoxy) is 1. The van der Waals surface area contributed by atoms with Crippen molar-refractivity contribution in [2.75, 3.05) is 20.2 Å². The zero-order chi connectivity index (χ0) is 29.6. The Balaban J connectivity index is 1.58. The number of hydrogen-bond donors (Lipinski definition) is 2. The summed E-state index contributed by atoms with van der Waals surface area (Å²) in [6, 6.07) is 14.8. The maximum Gasteiger partial charge on any atom is 0.243 e. The molecule has 0 unspecified atom stereocenters. The molecule has 0 aliphatic heterocycles. The first-order chi connectivity index (χ1) is 19.6. The molecule has 4 aromatic rings. The second-order valence-corrected chi connectivity index (χ2v) is 12.2. The number of sulfonamides is 1. The second kappa shape index (κ2) is 13.2. The SMILES string of the molecule is COc1ccc(S(=O)(=O)N(CC(C)C)C[C@@H](O)[C@H](Cc2ccccc2)NC(=O)Cn2c(C)nc3cncnc32)cc1. The molecule has 4 rings (SSSR count). The van der Waals surface area contributed by atoms with E-state index in [0.29, 0.717) is 29.2 Å². The summed E-state index contributed by atoms with van der Waals surface area (Å²) in [5, 5.41) is 14.4. The fraction of sp³-hybridized carbons (Fsp3) is 0.379. The van der Waals surface area contributed by atoms with Crippen LogP contribution in [0.3, 0.4) is 0 Å². The molecule has 0 aliphatic rings. The van der Waals surface area contributed by atoms with Gasteiger partial charge < -0.3 is 19.7 Å². The molecule has 2 N–H and O–H groups in total. The zero-order valence-electron chi connectivity index (χ0n) is 23.6. The normalized spacial score (nSPS) is 13.4. The number of aryl methyl sites for hydroxylation is 1. The number of nitrogens with zero attached hydrogens (tertiary/aromatic N) is 5. The van der Waals surface area contributed by atoms with Gasteiger partial charge in [-0.1, -0.05) is 44.2 Å². The third-order valence-corrected chi connectivity index (χ3v) is 8.51. The van der Waals surface area contributed by atoms with Crippen LogP contribution in [0.15, 0.2) is 72.0 Å². The minimum Gasteiger partial charge on any atom is -0.497 e. The van der Waals surface area contributed by atoms with Crippen LogP contribution in [0, 0.1) is 12.8 Å². The highest BCUT2D eigenvalue weighted by molar-refractivity contribution is 7.89. The van der Waals surface area contributed by atoms with Crippen molar-refractivity contribution < 1.29 is 23.1 Å². The smallest absolute Gasteiger partial charge is 0.243 e. The molecule has 0 bridgehead atoms. The quantitative estimate of drug-likeness (QED) is 0.246. The molecule has 0 fully saturated rings. The van der Waals surface area contributed by atoms with Gasteiger partial charge in [0.25, 0.3) is 0 Å². The van der Waals surface area contributed by atoms with Gasteiger partial charge >= 0.3 is 0 Å². The Kier molecular flexibility index (Phi) is 9.69. The predicted molar refractivity (Wildman–Crippen MR) is 155 cm³/mol. The molecule has 0 spiro atoms. The molecule has 2 aromatic carbocycles. The minimum absolute atomic E-state index is 0.00289. The Hall–Kier alpha value is -3.87. The van der Waals surface area contributed by atoms with E-state index in [4.69, 9.17) is 4.74 Å².